The summed E-state index contributed by atoms with van der Waals surface area (Å²) in [5, 5.41) is 10.3. The Morgan fingerprint density at radius 1 is 1.19 bits per heavy atom. The maximum Gasteiger partial charge on any atom is 0.420 e. The number of methoxy groups -OCH3 is 1. The molecule has 2 aromatic carbocycles. The van der Waals surface area contributed by atoms with E-state index < -0.39 is 17.8 Å². The van der Waals surface area contributed by atoms with Gasteiger partial charge in [0.1, 0.15) is 6.61 Å². The van der Waals surface area contributed by atoms with E-state index in [0.717, 1.165) is 5.56 Å². The Bertz CT molecular complexity index is 801. The van der Waals surface area contributed by atoms with E-state index in [4.69, 9.17) is 19.7 Å². The second-order valence-corrected chi connectivity index (χ2v) is 5.29. The Labute approximate surface area is 151 Å². The van der Waals surface area contributed by atoms with Gasteiger partial charge < -0.3 is 24.8 Å². The van der Waals surface area contributed by atoms with Crippen molar-refractivity contribution in [3.05, 3.63) is 65.2 Å². The van der Waals surface area contributed by atoms with Crippen LogP contribution in [0.1, 0.15) is 24.2 Å². The van der Waals surface area contributed by atoms with Gasteiger partial charge in [0.25, 0.3) is 0 Å². The molecular formula is C19H20N2O5. The van der Waals surface area contributed by atoms with Crippen LogP contribution in [0.15, 0.2) is 48.5 Å². The first-order valence-corrected chi connectivity index (χ1v) is 8.02. The minimum Gasteiger partial charge on any atom is -0.493 e. The molecule has 0 saturated carbocycles. The van der Waals surface area contributed by atoms with E-state index in [2.05, 4.69) is 4.79 Å². The van der Waals surface area contributed by atoms with Crippen molar-refractivity contribution in [1.82, 2.24) is 0 Å². The van der Waals surface area contributed by atoms with Gasteiger partial charge in [-0.1, -0.05) is 36.4 Å². The van der Waals surface area contributed by atoms with Crippen molar-refractivity contribution in [3.63, 3.8) is 0 Å². The molecule has 0 fully saturated rings. The summed E-state index contributed by atoms with van der Waals surface area (Å²) in [6.45, 7) is 2.06. The fourth-order valence-corrected chi connectivity index (χ4v) is 2.28. The van der Waals surface area contributed by atoms with Gasteiger partial charge in [-0.25, -0.2) is 4.79 Å². The Balaban J connectivity index is 2.19. The Morgan fingerprint density at radius 2 is 1.92 bits per heavy atom. The van der Waals surface area contributed by atoms with Crippen molar-refractivity contribution in [2.24, 2.45) is 0 Å². The first-order valence-electron chi connectivity index (χ1n) is 8.02. The Kier molecular flexibility index (Phi) is 6.91. The average molecular weight is 356 g/mol. The number of carbonyl (C=O) groups is 1. The lowest BCUT2D eigenvalue weighted by Gasteiger charge is -2.13. The van der Waals surface area contributed by atoms with E-state index in [-0.39, 0.29) is 6.61 Å². The van der Waals surface area contributed by atoms with Crippen LogP contribution < -0.4 is 9.47 Å². The van der Waals surface area contributed by atoms with Gasteiger partial charge in [-0.3, -0.25) is 0 Å². The standard InChI is InChI=1S/C19H20N2O5/c1-3-25-19(23)17(21-20)18(22)14-9-10-15(16(11-14)24-2)26-12-13-7-5-4-6-8-13/h4-11,18,22H,3,12H2,1-2H3. The second-order valence-electron chi connectivity index (χ2n) is 5.29. The van der Waals surface area contributed by atoms with Crippen molar-refractivity contribution in [2.45, 2.75) is 19.6 Å². The molecule has 136 valence electrons. The van der Waals surface area contributed by atoms with Gasteiger partial charge >= 0.3 is 11.7 Å². The normalized spacial score (nSPS) is 11.2. The molecule has 0 spiro atoms. The number of carbonyl (C=O) groups excluding carboxylic acids is 1. The number of ether oxygens (including phenoxy) is 3. The minimum absolute atomic E-state index is 0.0974. The lowest BCUT2D eigenvalue weighted by molar-refractivity contribution is -0.141. The van der Waals surface area contributed by atoms with Crippen LogP contribution in [-0.2, 0) is 16.1 Å². The third-order valence-electron chi connectivity index (χ3n) is 3.59. The molecule has 7 heteroatoms. The van der Waals surface area contributed by atoms with Crippen LogP contribution in [0.3, 0.4) is 0 Å². The van der Waals surface area contributed by atoms with E-state index in [9.17, 15) is 9.90 Å². The zero-order valence-electron chi connectivity index (χ0n) is 14.6. The van der Waals surface area contributed by atoms with Gasteiger partial charge in [0, 0.05) is 0 Å². The highest BCUT2D eigenvalue weighted by molar-refractivity contribution is 6.35. The topological polar surface area (TPSA) is 101 Å². The quantitative estimate of drug-likeness (QED) is 0.339. The van der Waals surface area contributed by atoms with Crippen LogP contribution in [-0.4, -0.2) is 35.3 Å². The zero-order chi connectivity index (χ0) is 18.9. The van der Waals surface area contributed by atoms with E-state index in [1.807, 2.05) is 30.3 Å². The molecule has 0 aliphatic heterocycles. The molecule has 1 N–H and O–H groups in total. The van der Waals surface area contributed by atoms with Gasteiger partial charge in [-0.05, 0) is 30.2 Å². The molecular weight excluding hydrogens is 336 g/mol. The highest BCUT2D eigenvalue weighted by atomic mass is 16.5. The summed E-state index contributed by atoms with van der Waals surface area (Å²) in [4.78, 5) is 14.6. The molecule has 0 radical (unpaired) electrons. The maximum atomic E-state index is 11.7. The number of benzene rings is 2. The lowest BCUT2D eigenvalue weighted by atomic mass is 10.0. The van der Waals surface area contributed by atoms with E-state index in [1.54, 1.807) is 19.1 Å². The monoisotopic (exact) mass is 356 g/mol. The van der Waals surface area contributed by atoms with Crippen molar-refractivity contribution in [3.8, 4) is 11.5 Å². The molecule has 0 aliphatic carbocycles. The smallest absolute Gasteiger partial charge is 0.420 e. The number of esters is 1. The summed E-state index contributed by atoms with van der Waals surface area (Å²) >= 11 is 0. The molecule has 2 rings (SSSR count). The maximum absolute atomic E-state index is 11.7. The Hall–Kier alpha value is -3.15. The molecule has 0 heterocycles. The third-order valence-corrected chi connectivity index (χ3v) is 3.59. The van der Waals surface area contributed by atoms with Gasteiger partial charge in [0.15, 0.2) is 17.6 Å². The number of aliphatic hydroxyl groups is 1. The minimum atomic E-state index is -1.46. The van der Waals surface area contributed by atoms with Crippen LogP contribution in [0.4, 0.5) is 0 Å². The SMILES string of the molecule is CCOC(=O)C(=[N+]=[N-])C(O)c1ccc(OCc2ccccc2)c(OC)c1. The number of hydrogen-bond donors (Lipinski definition) is 1. The summed E-state index contributed by atoms with van der Waals surface area (Å²) < 4.78 is 15.8. The van der Waals surface area contributed by atoms with E-state index in [1.165, 1.54) is 13.2 Å². The number of rotatable bonds is 8. The molecule has 0 amide bonds. The molecule has 7 nitrogen and oxygen atoms in total. The largest absolute Gasteiger partial charge is 0.493 e. The number of hydrogen-bond acceptors (Lipinski definition) is 5. The van der Waals surface area contributed by atoms with E-state index in [0.29, 0.717) is 23.7 Å². The summed E-state index contributed by atoms with van der Waals surface area (Å²) in [6, 6.07) is 14.3. The van der Waals surface area contributed by atoms with Crippen molar-refractivity contribution in [2.75, 3.05) is 13.7 Å². The van der Waals surface area contributed by atoms with Crippen LogP contribution in [0.2, 0.25) is 0 Å². The third kappa shape index (κ3) is 4.69. The molecule has 1 unspecified atom stereocenters. The van der Waals surface area contributed by atoms with Crippen LogP contribution in [0, 0.1) is 0 Å². The first kappa shape index (κ1) is 19.2. The first-order chi connectivity index (χ1) is 12.6. The molecule has 26 heavy (non-hydrogen) atoms. The second kappa shape index (κ2) is 9.36. The van der Waals surface area contributed by atoms with Crippen LogP contribution in [0.25, 0.3) is 5.53 Å². The predicted octanol–water partition coefficient (Wildman–Crippen LogP) is 2.54. The summed E-state index contributed by atoms with van der Waals surface area (Å²) in [6.07, 6.45) is -1.46. The van der Waals surface area contributed by atoms with Gasteiger partial charge in [0.2, 0.25) is 0 Å². The molecule has 0 bridgehead atoms. The fourth-order valence-electron chi connectivity index (χ4n) is 2.28. The van der Waals surface area contributed by atoms with Gasteiger partial charge in [-0.2, -0.15) is 4.79 Å². The molecule has 0 aliphatic rings. The van der Waals surface area contributed by atoms with Crippen LogP contribution >= 0.6 is 0 Å². The molecule has 0 aromatic heterocycles. The number of nitrogens with zero attached hydrogens (tertiary/aromatic N) is 2. The molecule has 0 saturated heterocycles. The van der Waals surface area contributed by atoms with Gasteiger partial charge in [0.05, 0.1) is 13.7 Å². The molecule has 2 aromatic rings. The molecule has 1 atom stereocenters. The zero-order valence-corrected chi connectivity index (χ0v) is 14.6. The highest BCUT2D eigenvalue weighted by Gasteiger charge is 2.33. The Morgan fingerprint density at radius 3 is 2.54 bits per heavy atom. The number of aliphatic hydroxyl groups excluding tert-OH is 1. The van der Waals surface area contributed by atoms with Crippen molar-refractivity contribution in [1.29, 1.82) is 0 Å². The van der Waals surface area contributed by atoms with Crippen LogP contribution in [0.5, 0.6) is 11.5 Å². The fraction of sp³-hybridized carbons (Fsp3) is 0.263. The average Bonchev–Trinajstić information content (AvgIpc) is 2.67. The summed E-state index contributed by atoms with van der Waals surface area (Å²) in [7, 11) is 1.47. The lowest BCUT2D eigenvalue weighted by Crippen LogP contribution is -2.25. The predicted molar refractivity (Wildman–Crippen MR) is 94.0 cm³/mol. The van der Waals surface area contributed by atoms with E-state index >= 15 is 0 Å². The summed E-state index contributed by atoms with van der Waals surface area (Å²) in [5.74, 6) is -0.0459. The van der Waals surface area contributed by atoms with Gasteiger partial charge in [-0.15, -0.1) is 0 Å². The van der Waals surface area contributed by atoms with Crippen molar-refractivity contribution < 1.29 is 28.9 Å². The highest BCUT2D eigenvalue weighted by Crippen LogP contribution is 2.31. The van der Waals surface area contributed by atoms with Crippen molar-refractivity contribution >= 4 is 11.7 Å². The summed E-state index contributed by atoms with van der Waals surface area (Å²) in [5.41, 5.74) is 9.81.